The van der Waals surface area contributed by atoms with Crippen molar-refractivity contribution in [3.8, 4) is 16.9 Å². The Hall–Kier alpha value is -3.19. The Morgan fingerprint density at radius 2 is 1.84 bits per heavy atom. The lowest BCUT2D eigenvalue weighted by atomic mass is 10.0. The highest BCUT2D eigenvalue weighted by atomic mass is 35.5. The molecule has 1 aromatic heterocycles. The predicted octanol–water partition coefficient (Wildman–Crippen LogP) is 5.10. The summed E-state index contributed by atoms with van der Waals surface area (Å²) in [6.07, 6.45) is 1.09. The van der Waals surface area contributed by atoms with Crippen molar-refractivity contribution < 1.29 is 24.2 Å². The minimum absolute atomic E-state index is 0.229. The number of hydrogen-bond acceptors (Lipinski definition) is 4. The normalized spacial score (nSPS) is 11.4. The SMILES string of the molecule is Cn1cc(C(=O)O)c2cc(-c3ccc(OCCNC(=O)OC(C)(C)C)cc3)c(Cl)cc21. The molecule has 164 valence electrons. The standard InChI is InChI=1S/C23H25ClN2O5/c1-23(2,3)31-22(29)25-9-10-30-15-7-5-14(6-8-15)16-11-17-18(21(27)28)13-26(4)20(17)12-19(16)24/h5-8,11-13H,9-10H2,1-4H3,(H,25,29)(H,27,28). The van der Waals surface area contributed by atoms with E-state index in [0.29, 0.717) is 22.7 Å². The molecular formula is C23H25ClN2O5. The van der Waals surface area contributed by atoms with Crippen LogP contribution in [0.4, 0.5) is 4.79 Å². The molecule has 7 nitrogen and oxygen atoms in total. The lowest BCUT2D eigenvalue weighted by Gasteiger charge is -2.19. The molecule has 0 aliphatic rings. The van der Waals surface area contributed by atoms with Gasteiger partial charge in [0.15, 0.2) is 0 Å². The molecule has 31 heavy (non-hydrogen) atoms. The van der Waals surface area contributed by atoms with Crippen molar-refractivity contribution in [3.63, 3.8) is 0 Å². The van der Waals surface area contributed by atoms with Crippen LogP contribution < -0.4 is 10.1 Å². The van der Waals surface area contributed by atoms with Gasteiger partial charge in [0, 0.05) is 24.2 Å². The zero-order valence-electron chi connectivity index (χ0n) is 17.9. The highest BCUT2D eigenvalue weighted by molar-refractivity contribution is 6.34. The molecule has 0 spiro atoms. The Bertz CT molecular complexity index is 1110. The maximum Gasteiger partial charge on any atom is 0.407 e. The van der Waals surface area contributed by atoms with Crippen LogP contribution in [0.15, 0.2) is 42.6 Å². The quantitative estimate of drug-likeness (QED) is 0.516. The van der Waals surface area contributed by atoms with Gasteiger partial charge in [-0.25, -0.2) is 9.59 Å². The molecule has 0 atom stereocenters. The summed E-state index contributed by atoms with van der Waals surface area (Å²) in [5.41, 5.74) is 2.01. The average molecular weight is 445 g/mol. The Morgan fingerprint density at radius 3 is 2.45 bits per heavy atom. The third-order valence-corrected chi connectivity index (χ3v) is 4.83. The van der Waals surface area contributed by atoms with Gasteiger partial charge in [-0.2, -0.15) is 0 Å². The van der Waals surface area contributed by atoms with Crippen molar-refractivity contribution in [2.75, 3.05) is 13.2 Å². The smallest absolute Gasteiger partial charge is 0.407 e. The monoisotopic (exact) mass is 444 g/mol. The summed E-state index contributed by atoms with van der Waals surface area (Å²) >= 11 is 6.47. The number of carboxylic acid groups (broad SMARTS) is 1. The van der Waals surface area contributed by atoms with Crippen molar-refractivity contribution in [3.05, 3.63) is 53.2 Å². The molecule has 0 fully saturated rings. The van der Waals surface area contributed by atoms with Gasteiger partial charge in [-0.15, -0.1) is 0 Å². The Balaban J connectivity index is 1.68. The summed E-state index contributed by atoms with van der Waals surface area (Å²) in [7, 11) is 1.79. The van der Waals surface area contributed by atoms with Gasteiger partial charge >= 0.3 is 12.1 Å². The molecule has 3 aromatic rings. The van der Waals surface area contributed by atoms with E-state index in [1.165, 1.54) is 0 Å². The number of rotatable bonds is 6. The summed E-state index contributed by atoms with van der Waals surface area (Å²) in [5.74, 6) is -0.347. The largest absolute Gasteiger partial charge is 0.492 e. The molecule has 1 heterocycles. The van der Waals surface area contributed by atoms with E-state index < -0.39 is 17.7 Å². The number of hydrogen-bond donors (Lipinski definition) is 2. The number of carboxylic acids is 1. The third-order valence-electron chi connectivity index (χ3n) is 4.51. The number of halogens is 1. The number of carbonyl (C=O) groups is 2. The van der Waals surface area contributed by atoms with Crippen LogP contribution in [0.1, 0.15) is 31.1 Å². The second-order valence-corrected chi connectivity index (χ2v) is 8.52. The maximum absolute atomic E-state index is 11.6. The number of fused-ring (bicyclic) bond motifs is 1. The lowest BCUT2D eigenvalue weighted by molar-refractivity contribution is 0.0519. The highest BCUT2D eigenvalue weighted by Crippen LogP contribution is 2.35. The summed E-state index contributed by atoms with van der Waals surface area (Å²) in [4.78, 5) is 23.2. The Kier molecular flexibility index (Phi) is 6.45. The van der Waals surface area contributed by atoms with E-state index in [1.807, 2.05) is 12.1 Å². The van der Waals surface area contributed by atoms with Gasteiger partial charge in [0.2, 0.25) is 0 Å². The fraction of sp³-hybridized carbons (Fsp3) is 0.304. The summed E-state index contributed by atoms with van der Waals surface area (Å²) in [5, 5.41) is 13.2. The van der Waals surface area contributed by atoms with Gasteiger partial charge < -0.3 is 24.5 Å². The molecule has 0 unspecified atom stereocenters. The van der Waals surface area contributed by atoms with Crippen LogP contribution in [0.2, 0.25) is 5.02 Å². The Labute approximate surface area is 185 Å². The van der Waals surface area contributed by atoms with E-state index in [-0.39, 0.29) is 12.2 Å². The van der Waals surface area contributed by atoms with Crippen LogP contribution in [0.25, 0.3) is 22.0 Å². The number of aromatic nitrogens is 1. The molecule has 0 bridgehead atoms. The molecule has 1 amide bonds. The topological polar surface area (TPSA) is 89.8 Å². The van der Waals surface area contributed by atoms with Gasteiger partial charge in [0.05, 0.1) is 22.6 Å². The first-order valence-corrected chi connectivity index (χ1v) is 10.1. The van der Waals surface area contributed by atoms with Crippen molar-refractivity contribution in [1.82, 2.24) is 9.88 Å². The lowest BCUT2D eigenvalue weighted by Crippen LogP contribution is -2.34. The van der Waals surface area contributed by atoms with E-state index in [2.05, 4.69) is 5.32 Å². The highest BCUT2D eigenvalue weighted by Gasteiger charge is 2.17. The van der Waals surface area contributed by atoms with Crippen LogP contribution in [0, 0.1) is 0 Å². The van der Waals surface area contributed by atoms with E-state index in [4.69, 9.17) is 21.1 Å². The number of nitrogens with one attached hydrogen (secondary N) is 1. The zero-order chi connectivity index (χ0) is 22.8. The van der Waals surface area contributed by atoms with E-state index in [1.54, 1.807) is 62.8 Å². The van der Waals surface area contributed by atoms with Crippen molar-refractivity contribution in [1.29, 1.82) is 0 Å². The van der Waals surface area contributed by atoms with Crippen LogP contribution in [-0.4, -0.2) is 40.5 Å². The van der Waals surface area contributed by atoms with Gasteiger partial charge in [-0.1, -0.05) is 23.7 Å². The number of aryl methyl sites for hydroxylation is 1. The molecule has 0 aliphatic carbocycles. The van der Waals surface area contributed by atoms with Gasteiger partial charge in [0.1, 0.15) is 18.0 Å². The number of nitrogens with zero attached hydrogens (tertiary/aromatic N) is 1. The summed E-state index contributed by atoms with van der Waals surface area (Å²) in [6.45, 7) is 6.00. The van der Waals surface area contributed by atoms with E-state index >= 15 is 0 Å². The predicted molar refractivity (Wildman–Crippen MR) is 120 cm³/mol. The van der Waals surface area contributed by atoms with Crippen LogP contribution >= 0.6 is 11.6 Å². The average Bonchev–Trinajstić information content (AvgIpc) is 3.00. The summed E-state index contributed by atoms with van der Waals surface area (Å²) in [6, 6.07) is 10.9. The molecule has 0 radical (unpaired) electrons. The first kappa shape index (κ1) is 22.5. The number of ether oxygens (including phenoxy) is 2. The molecule has 3 rings (SSSR count). The minimum Gasteiger partial charge on any atom is -0.492 e. The third kappa shape index (κ3) is 5.49. The first-order chi connectivity index (χ1) is 14.5. The van der Waals surface area contributed by atoms with Crippen molar-refractivity contribution in [2.45, 2.75) is 26.4 Å². The molecule has 2 N–H and O–H groups in total. The number of alkyl carbamates (subject to hydrolysis) is 1. The second kappa shape index (κ2) is 8.89. The molecule has 0 saturated heterocycles. The van der Waals surface area contributed by atoms with Gasteiger partial charge in [-0.3, -0.25) is 0 Å². The molecule has 0 aliphatic heterocycles. The molecule has 8 heteroatoms. The maximum atomic E-state index is 11.6. The number of carbonyl (C=O) groups excluding carboxylic acids is 1. The van der Waals surface area contributed by atoms with Crippen LogP contribution in [0.5, 0.6) is 5.75 Å². The first-order valence-electron chi connectivity index (χ1n) is 9.77. The van der Waals surface area contributed by atoms with Gasteiger partial charge in [-0.05, 0) is 50.6 Å². The van der Waals surface area contributed by atoms with Crippen molar-refractivity contribution >= 4 is 34.6 Å². The molecular weight excluding hydrogens is 420 g/mol. The zero-order valence-corrected chi connectivity index (χ0v) is 18.6. The fourth-order valence-electron chi connectivity index (χ4n) is 3.16. The minimum atomic E-state index is -0.984. The van der Waals surface area contributed by atoms with Crippen LogP contribution in [-0.2, 0) is 11.8 Å². The number of benzene rings is 2. The van der Waals surface area contributed by atoms with Crippen LogP contribution in [0.3, 0.4) is 0 Å². The molecule has 2 aromatic carbocycles. The summed E-state index contributed by atoms with van der Waals surface area (Å²) < 4.78 is 12.6. The van der Waals surface area contributed by atoms with E-state index in [0.717, 1.165) is 16.6 Å². The second-order valence-electron chi connectivity index (χ2n) is 8.11. The molecule has 0 saturated carbocycles. The number of aromatic carboxylic acids is 1. The number of amides is 1. The van der Waals surface area contributed by atoms with Gasteiger partial charge in [0.25, 0.3) is 0 Å². The van der Waals surface area contributed by atoms with Crippen molar-refractivity contribution in [2.24, 2.45) is 7.05 Å². The Morgan fingerprint density at radius 1 is 1.16 bits per heavy atom. The fourth-order valence-corrected chi connectivity index (χ4v) is 3.43. The van der Waals surface area contributed by atoms with E-state index in [9.17, 15) is 14.7 Å².